The zero-order valence-electron chi connectivity index (χ0n) is 11.3. The summed E-state index contributed by atoms with van der Waals surface area (Å²) in [7, 11) is 1.43. The second-order valence-corrected chi connectivity index (χ2v) is 4.79. The fourth-order valence-corrected chi connectivity index (χ4v) is 2.41. The van der Waals surface area contributed by atoms with Gasteiger partial charge in [-0.2, -0.15) is 0 Å². The summed E-state index contributed by atoms with van der Waals surface area (Å²) < 4.78 is 4.74. The van der Waals surface area contributed by atoms with Crippen molar-refractivity contribution in [1.82, 2.24) is 4.90 Å². The number of carbonyl (C=O) groups excluding carboxylic acids is 1. The first-order valence-corrected chi connectivity index (χ1v) is 6.26. The number of benzene rings is 1. The topological polar surface area (TPSA) is 32.8 Å². The van der Waals surface area contributed by atoms with Crippen LogP contribution >= 0.6 is 0 Å². The van der Waals surface area contributed by atoms with Crippen LogP contribution < -0.4 is 4.90 Å². The number of amides is 1. The number of nitrogens with zero attached hydrogens (tertiary/aromatic N) is 2. The number of methoxy groups -OCH3 is 1. The third kappa shape index (κ3) is 2.75. The third-order valence-corrected chi connectivity index (χ3v) is 3.28. The minimum absolute atomic E-state index is 0.227. The van der Waals surface area contributed by atoms with E-state index in [2.05, 4.69) is 36.9 Å². The number of rotatable bonds is 1. The molecule has 1 aromatic carbocycles. The van der Waals surface area contributed by atoms with E-state index >= 15 is 0 Å². The van der Waals surface area contributed by atoms with E-state index in [-0.39, 0.29) is 6.09 Å². The van der Waals surface area contributed by atoms with Gasteiger partial charge in [-0.25, -0.2) is 4.79 Å². The highest BCUT2D eigenvalue weighted by atomic mass is 16.5. The van der Waals surface area contributed by atoms with Gasteiger partial charge in [0.1, 0.15) is 0 Å². The average molecular weight is 248 g/mol. The second-order valence-electron chi connectivity index (χ2n) is 4.79. The Balaban J connectivity index is 2.03. The molecule has 1 aromatic rings. The standard InChI is InChI=1S/C14H20N2O2/c1-11-8-12(2)10-13(9-11)15-4-6-16(7-5-15)14(17)18-3/h8-10H,4-7H2,1-3H3. The van der Waals surface area contributed by atoms with Crippen LogP contribution in [0.1, 0.15) is 11.1 Å². The summed E-state index contributed by atoms with van der Waals surface area (Å²) in [6.45, 7) is 7.39. The smallest absolute Gasteiger partial charge is 0.409 e. The van der Waals surface area contributed by atoms with E-state index in [9.17, 15) is 4.79 Å². The predicted molar refractivity (Wildman–Crippen MR) is 72.1 cm³/mol. The zero-order valence-corrected chi connectivity index (χ0v) is 11.3. The Kier molecular flexibility index (Phi) is 3.75. The van der Waals surface area contributed by atoms with E-state index in [0.717, 1.165) is 26.2 Å². The molecule has 4 heteroatoms. The van der Waals surface area contributed by atoms with Crippen molar-refractivity contribution in [2.45, 2.75) is 13.8 Å². The molecule has 1 aliphatic heterocycles. The van der Waals surface area contributed by atoms with Gasteiger partial charge in [-0.3, -0.25) is 0 Å². The Morgan fingerprint density at radius 2 is 1.61 bits per heavy atom. The minimum Gasteiger partial charge on any atom is -0.453 e. The first kappa shape index (κ1) is 12.7. The van der Waals surface area contributed by atoms with Crippen LogP contribution in [0.4, 0.5) is 10.5 Å². The maximum Gasteiger partial charge on any atom is 0.409 e. The van der Waals surface area contributed by atoms with Gasteiger partial charge in [-0.15, -0.1) is 0 Å². The Morgan fingerprint density at radius 3 is 2.11 bits per heavy atom. The van der Waals surface area contributed by atoms with Gasteiger partial charge in [0, 0.05) is 31.9 Å². The number of hydrogen-bond acceptors (Lipinski definition) is 3. The Hall–Kier alpha value is -1.71. The van der Waals surface area contributed by atoms with Gasteiger partial charge in [0.15, 0.2) is 0 Å². The minimum atomic E-state index is -0.227. The largest absolute Gasteiger partial charge is 0.453 e. The molecule has 1 amide bonds. The molecule has 0 unspecified atom stereocenters. The molecule has 1 aliphatic rings. The summed E-state index contributed by atoms with van der Waals surface area (Å²) >= 11 is 0. The van der Waals surface area contributed by atoms with Crippen molar-refractivity contribution in [3.63, 3.8) is 0 Å². The number of anilines is 1. The van der Waals surface area contributed by atoms with Crippen LogP contribution in [0.25, 0.3) is 0 Å². The lowest BCUT2D eigenvalue weighted by Gasteiger charge is -2.35. The Bertz CT molecular complexity index is 417. The monoisotopic (exact) mass is 248 g/mol. The molecule has 4 nitrogen and oxygen atoms in total. The van der Waals surface area contributed by atoms with Crippen molar-refractivity contribution < 1.29 is 9.53 Å². The third-order valence-electron chi connectivity index (χ3n) is 3.28. The number of hydrogen-bond donors (Lipinski definition) is 0. The summed E-state index contributed by atoms with van der Waals surface area (Å²) in [6.07, 6.45) is -0.227. The van der Waals surface area contributed by atoms with Gasteiger partial charge in [0.05, 0.1) is 7.11 Å². The second kappa shape index (κ2) is 5.29. The normalized spacial score (nSPS) is 15.7. The van der Waals surface area contributed by atoms with E-state index in [4.69, 9.17) is 4.74 Å². The van der Waals surface area contributed by atoms with Gasteiger partial charge < -0.3 is 14.5 Å². The first-order valence-electron chi connectivity index (χ1n) is 6.26. The lowest BCUT2D eigenvalue weighted by molar-refractivity contribution is 0.121. The fraction of sp³-hybridized carbons (Fsp3) is 0.500. The zero-order chi connectivity index (χ0) is 13.1. The summed E-state index contributed by atoms with van der Waals surface area (Å²) in [5.41, 5.74) is 3.80. The molecular weight excluding hydrogens is 228 g/mol. The fourth-order valence-electron chi connectivity index (χ4n) is 2.41. The summed E-state index contributed by atoms with van der Waals surface area (Å²) in [5, 5.41) is 0. The lowest BCUT2D eigenvalue weighted by Crippen LogP contribution is -2.48. The van der Waals surface area contributed by atoms with Crippen LogP contribution in [0.5, 0.6) is 0 Å². The maximum absolute atomic E-state index is 11.4. The summed E-state index contributed by atoms with van der Waals surface area (Å²) in [4.78, 5) is 15.5. The highest BCUT2D eigenvalue weighted by Gasteiger charge is 2.21. The van der Waals surface area contributed by atoms with Gasteiger partial charge in [-0.05, 0) is 37.1 Å². The van der Waals surface area contributed by atoms with E-state index in [0.29, 0.717) is 0 Å². The number of carbonyl (C=O) groups is 1. The molecule has 0 N–H and O–H groups in total. The Morgan fingerprint density at radius 1 is 1.06 bits per heavy atom. The van der Waals surface area contributed by atoms with Gasteiger partial charge in [0.25, 0.3) is 0 Å². The maximum atomic E-state index is 11.4. The SMILES string of the molecule is COC(=O)N1CCN(c2cc(C)cc(C)c2)CC1. The molecule has 1 heterocycles. The van der Waals surface area contributed by atoms with Crippen LogP contribution in [-0.4, -0.2) is 44.3 Å². The molecule has 0 saturated carbocycles. The van der Waals surface area contributed by atoms with Crippen molar-refractivity contribution >= 4 is 11.8 Å². The molecular formula is C14H20N2O2. The van der Waals surface area contributed by atoms with Crippen LogP contribution in [0.2, 0.25) is 0 Å². The van der Waals surface area contributed by atoms with E-state index in [1.807, 2.05) is 0 Å². The van der Waals surface area contributed by atoms with Crippen LogP contribution in [-0.2, 0) is 4.74 Å². The summed E-state index contributed by atoms with van der Waals surface area (Å²) in [5.74, 6) is 0. The number of aryl methyl sites for hydroxylation is 2. The van der Waals surface area contributed by atoms with Crippen LogP contribution in [0, 0.1) is 13.8 Å². The molecule has 1 saturated heterocycles. The van der Waals surface area contributed by atoms with Gasteiger partial charge in [0.2, 0.25) is 0 Å². The average Bonchev–Trinajstić information content (AvgIpc) is 2.37. The summed E-state index contributed by atoms with van der Waals surface area (Å²) in [6, 6.07) is 6.57. The molecule has 98 valence electrons. The van der Waals surface area contributed by atoms with Crippen LogP contribution in [0.3, 0.4) is 0 Å². The molecule has 1 fully saturated rings. The molecule has 18 heavy (non-hydrogen) atoms. The van der Waals surface area contributed by atoms with E-state index < -0.39 is 0 Å². The van der Waals surface area contributed by atoms with Crippen molar-refractivity contribution in [2.75, 3.05) is 38.2 Å². The van der Waals surface area contributed by atoms with Crippen LogP contribution in [0.15, 0.2) is 18.2 Å². The van der Waals surface area contributed by atoms with E-state index in [1.54, 1.807) is 4.90 Å². The molecule has 0 spiro atoms. The molecule has 0 radical (unpaired) electrons. The quantitative estimate of drug-likeness (QED) is 0.763. The molecule has 0 bridgehead atoms. The molecule has 0 aromatic heterocycles. The first-order chi connectivity index (χ1) is 8.60. The highest BCUT2D eigenvalue weighted by molar-refractivity contribution is 5.68. The number of ether oxygens (including phenoxy) is 1. The molecule has 2 rings (SSSR count). The highest BCUT2D eigenvalue weighted by Crippen LogP contribution is 2.20. The predicted octanol–water partition coefficient (Wildman–Crippen LogP) is 2.19. The van der Waals surface area contributed by atoms with Gasteiger partial charge >= 0.3 is 6.09 Å². The molecule has 0 aliphatic carbocycles. The van der Waals surface area contributed by atoms with Gasteiger partial charge in [-0.1, -0.05) is 6.07 Å². The number of piperazine rings is 1. The van der Waals surface area contributed by atoms with Crippen molar-refractivity contribution in [2.24, 2.45) is 0 Å². The lowest BCUT2D eigenvalue weighted by atomic mass is 10.1. The molecule has 0 atom stereocenters. The van der Waals surface area contributed by atoms with Crippen molar-refractivity contribution in [3.8, 4) is 0 Å². The van der Waals surface area contributed by atoms with E-state index in [1.165, 1.54) is 23.9 Å². The van der Waals surface area contributed by atoms with Crippen molar-refractivity contribution in [1.29, 1.82) is 0 Å². The Labute approximate surface area is 108 Å². The van der Waals surface area contributed by atoms with Crippen molar-refractivity contribution in [3.05, 3.63) is 29.3 Å².